The van der Waals surface area contributed by atoms with E-state index in [4.69, 9.17) is 0 Å². The monoisotopic (exact) mass is 351 g/mol. The van der Waals surface area contributed by atoms with Crippen LogP contribution in [0.2, 0.25) is 0 Å². The lowest BCUT2D eigenvalue weighted by atomic mass is 9.62. The summed E-state index contributed by atoms with van der Waals surface area (Å²) in [5, 5.41) is 2.53. The lowest BCUT2D eigenvalue weighted by Crippen LogP contribution is -2.50. The molecule has 1 N–H and O–H groups in total. The van der Waals surface area contributed by atoms with Gasteiger partial charge in [-0.1, -0.05) is 60.8 Å². The Morgan fingerprint density at radius 2 is 1.81 bits per heavy atom. The molecule has 114 valence electrons. The Kier molecular flexibility index (Phi) is 5.20. The Balaban J connectivity index is 2.52. The molecule has 1 saturated heterocycles. The van der Waals surface area contributed by atoms with E-state index in [0.717, 1.165) is 35.7 Å². The van der Waals surface area contributed by atoms with Gasteiger partial charge in [0.1, 0.15) is 0 Å². The van der Waals surface area contributed by atoms with Gasteiger partial charge >= 0.3 is 0 Å². The molecule has 1 aliphatic heterocycles. The lowest BCUT2D eigenvalue weighted by Gasteiger charge is -2.43. The molecule has 1 fully saturated rings. The van der Waals surface area contributed by atoms with Crippen LogP contribution in [0.5, 0.6) is 0 Å². The second-order valence-electron chi connectivity index (χ2n) is 5.91. The van der Waals surface area contributed by atoms with Gasteiger partial charge in [0, 0.05) is 10.9 Å². The fourth-order valence-corrected chi connectivity index (χ4v) is 4.23. The number of carbonyl (C=O) groups excluding carboxylic acids is 2. The van der Waals surface area contributed by atoms with Gasteiger partial charge in [0.15, 0.2) is 0 Å². The quantitative estimate of drug-likeness (QED) is 0.809. The molecular weight excluding hydrogens is 330 g/mol. The molecule has 1 unspecified atom stereocenters. The number of imide groups is 1. The summed E-state index contributed by atoms with van der Waals surface area (Å²) < 4.78 is 0.941. The maximum Gasteiger partial charge on any atom is 0.234 e. The van der Waals surface area contributed by atoms with Gasteiger partial charge in [-0.15, -0.1) is 0 Å². The number of amides is 2. The van der Waals surface area contributed by atoms with Crippen molar-refractivity contribution in [2.75, 3.05) is 0 Å². The molecule has 2 rings (SSSR count). The van der Waals surface area contributed by atoms with Crippen LogP contribution in [-0.4, -0.2) is 11.8 Å². The predicted octanol–water partition coefficient (Wildman–Crippen LogP) is 4.17. The lowest BCUT2D eigenvalue weighted by molar-refractivity contribution is -0.140. The fourth-order valence-electron chi connectivity index (χ4n) is 3.72. The van der Waals surface area contributed by atoms with Crippen molar-refractivity contribution in [3.63, 3.8) is 0 Å². The molecule has 0 aliphatic carbocycles. The summed E-state index contributed by atoms with van der Waals surface area (Å²) in [6.45, 7) is 4.23. The van der Waals surface area contributed by atoms with Crippen molar-refractivity contribution in [2.45, 2.75) is 51.9 Å². The molecule has 0 bridgehead atoms. The van der Waals surface area contributed by atoms with Crippen molar-refractivity contribution in [1.29, 1.82) is 0 Å². The van der Waals surface area contributed by atoms with Crippen LogP contribution in [0.15, 0.2) is 28.7 Å². The van der Waals surface area contributed by atoms with E-state index < -0.39 is 0 Å². The zero-order chi connectivity index (χ0) is 15.5. The third-order valence-electron chi connectivity index (χ3n) is 4.36. The summed E-state index contributed by atoms with van der Waals surface area (Å²) in [6, 6.07) is 7.85. The zero-order valence-electron chi connectivity index (χ0n) is 12.6. The highest BCUT2D eigenvalue weighted by atomic mass is 79.9. The van der Waals surface area contributed by atoms with Crippen LogP contribution in [0, 0.1) is 5.41 Å². The van der Waals surface area contributed by atoms with Crippen LogP contribution >= 0.6 is 15.9 Å². The normalized spacial score (nSPS) is 21.2. The Morgan fingerprint density at radius 1 is 1.19 bits per heavy atom. The number of piperidine rings is 1. The van der Waals surface area contributed by atoms with Crippen LogP contribution in [-0.2, 0) is 9.59 Å². The van der Waals surface area contributed by atoms with Crippen LogP contribution in [0.25, 0.3) is 0 Å². The van der Waals surface area contributed by atoms with Crippen molar-refractivity contribution in [3.8, 4) is 0 Å². The van der Waals surface area contributed by atoms with E-state index >= 15 is 0 Å². The molecule has 3 nitrogen and oxygen atoms in total. The summed E-state index contributed by atoms with van der Waals surface area (Å²) in [6.07, 6.45) is 4.17. The van der Waals surface area contributed by atoms with Crippen LogP contribution in [0.3, 0.4) is 0 Å². The summed E-state index contributed by atoms with van der Waals surface area (Å²) >= 11 is 3.56. The zero-order valence-corrected chi connectivity index (χ0v) is 14.2. The Bertz CT molecular complexity index is 535. The van der Waals surface area contributed by atoms with E-state index in [1.54, 1.807) is 0 Å². The van der Waals surface area contributed by atoms with Gasteiger partial charge in [0.2, 0.25) is 11.8 Å². The summed E-state index contributed by atoms with van der Waals surface area (Å²) in [5.41, 5.74) is 0.733. The minimum Gasteiger partial charge on any atom is -0.296 e. The van der Waals surface area contributed by atoms with E-state index in [0.29, 0.717) is 6.42 Å². The van der Waals surface area contributed by atoms with Crippen LogP contribution in [0.1, 0.15) is 57.4 Å². The van der Waals surface area contributed by atoms with E-state index in [2.05, 4.69) is 35.1 Å². The molecule has 0 saturated carbocycles. The largest absolute Gasteiger partial charge is 0.296 e. The van der Waals surface area contributed by atoms with Gasteiger partial charge in [-0.3, -0.25) is 14.9 Å². The molecule has 1 aromatic rings. The first-order valence-electron chi connectivity index (χ1n) is 7.62. The number of hydrogen-bond donors (Lipinski definition) is 1. The standard InChI is InChI=1S/C17H22BrNO2/c1-3-9-17(10-4-2)11-14(20)19-16(21)15(17)12-7-5-6-8-13(12)18/h5-8,15H,3-4,9-11H2,1-2H3,(H,19,20,21). The second-order valence-corrected chi connectivity index (χ2v) is 6.76. The van der Waals surface area contributed by atoms with Crippen molar-refractivity contribution in [3.05, 3.63) is 34.3 Å². The highest BCUT2D eigenvalue weighted by Crippen LogP contribution is 2.50. The fraction of sp³-hybridized carbons (Fsp3) is 0.529. The first-order valence-corrected chi connectivity index (χ1v) is 8.41. The van der Waals surface area contributed by atoms with E-state index in [1.165, 1.54) is 0 Å². The average Bonchev–Trinajstić information content (AvgIpc) is 2.40. The molecule has 4 heteroatoms. The molecule has 2 amide bonds. The Hall–Kier alpha value is -1.16. The van der Waals surface area contributed by atoms with Crippen molar-refractivity contribution < 1.29 is 9.59 Å². The first kappa shape index (κ1) is 16.2. The first-order chi connectivity index (χ1) is 10.0. The number of halogens is 1. The van der Waals surface area contributed by atoms with Gasteiger partial charge in [-0.2, -0.15) is 0 Å². The van der Waals surface area contributed by atoms with Crippen molar-refractivity contribution >= 4 is 27.7 Å². The molecule has 1 aromatic carbocycles. The smallest absolute Gasteiger partial charge is 0.234 e. The highest BCUT2D eigenvalue weighted by Gasteiger charge is 2.48. The van der Waals surface area contributed by atoms with Gasteiger partial charge < -0.3 is 0 Å². The Labute approximate surface area is 134 Å². The maximum atomic E-state index is 12.6. The van der Waals surface area contributed by atoms with Crippen molar-refractivity contribution in [1.82, 2.24) is 5.32 Å². The topological polar surface area (TPSA) is 46.2 Å². The number of hydrogen-bond acceptors (Lipinski definition) is 2. The van der Waals surface area contributed by atoms with Crippen molar-refractivity contribution in [2.24, 2.45) is 5.41 Å². The highest BCUT2D eigenvalue weighted by molar-refractivity contribution is 9.10. The number of carbonyl (C=O) groups is 2. The molecule has 0 radical (unpaired) electrons. The third-order valence-corrected chi connectivity index (χ3v) is 5.08. The third kappa shape index (κ3) is 3.20. The molecule has 1 aliphatic rings. The predicted molar refractivity (Wildman–Crippen MR) is 86.9 cm³/mol. The van der Waals surface area contributed by atoms with E-state index in [1.807, 2.05) is 24.3 Å². The second kappa shape index (κ2) is 6.73. The van der Waals surface area contributed by atoms with Gasteiger partial charge in [0.05, 0.1) is 5.92 Å². The summed E-state index contributed by atoms with van der Waals surface area (Å²) in [7, 11) is 0. The molecule has 1 atom stereocenters. The SMILES string of the molecule is CCCC1(CCC)CC(=O)NC(=O)C1c1ccccc1Br. The molecule has 21 heavy (non-hydrogen) atoms. The van der Waals surface area contributed by atoms with Crippen LogP contribution < -0.4 is 5.32 Å². The minimum atomic E-state index is -0.259. The van der Waals surface area contributed by atoms with Gasteiger partial charge in [-0.05, 0) is 29.9 Å². The molecule has 0 spiro atoms. The Morgan fingerprint density at radius 3 is 2.38 bits per heavy atom. The molecule has 0 aromatic heterocycles. The van der Waals surface area contributed by atoms with Gasteiger partial charge in [-0.25, -0.2) is 0 Å². The number of benzene rings is 1. The van der Waals surface area contributed by atoms with Gasteiger partial charge in [0.25, 0.3) is 0 Å². The van der Waals surface area contributed by atoms with E-state index in [9.17, 15) is 9.59 Å². The maximum absolute atomic E-state index is 12.6. The van der Waals surface area contributed by atoms with Crippen LogP contribution in [0.4, 0.5) is 0 Å². The minimum absolute atomic E-state index is 0.134. The molecule has 1 heterocycles. The number of nitrogens with one attached hydrogen (secondary N) is 1. The summed E-state index contributed by atoms with van der Waals surface area (Å²) in [5.74, 6) is -0.545. The molecular formula is C17H22BrNO2. The van der Waals surface area contributed by atoms with E-state index in [-0.39, 0.29) is 23.1 Å². The average molecular weight is 352 g/mol. The summed E-state index contributed by atoms with van der Waals surface area (Å²) in [4.78, 5) is 24.5. The number of rotatable bonds is 5.